The third kappa shape index (κ3) is 4.21. The molecule has 3 amide bonds. The van der Waals surface area contributed by atoms with Gasteiger partial charge in [-0.05, 0) is 48.6 Å². The van der Waals surface area contributed by atoms with Crippen LogP contribution in [0.2, 0.25) is 10.0 Å². The average molecular weight is 708 g/mol. The molecule has 2 saturated carbocycles. The van der Waals surface area contributed by atoms with Gasteiger partial charge in [0.05, 0.1) is 21.9 Å². The zero-order chi connectivity index (χ0) is 25.2. The SMILES string of the molecule is O=C(CN(C(=O)c1ccc(Cl)c(Cl)c1)N1C(=O)[C@@H]2[C@H]3C[C@@H]([C@H](Br)[C@H]3Br)[C@@H]2C1=O)c1ccc(Br)cc1. The second-order valence-electron chi connectivity index (χ2n) is 8.91. The van der Waals surface area contributed by atoms with Crippen LogP contribution in [0.25, 0.3) is 0 Å². The van der Waals surface area contributed by atoms with E-state index in [1.54, 1.807) is 24.3 Å². The molecule has 1 heterocycles. The molecule has 3 fully saturated rings. The number of Topliss-reactive ketones (excluding diaryl/α,β-unsaturated/α-hetero) is 1. The second kappa shape index (κ2) is 9.56. The van der Waals surface area contributed by atoms with E-state index >= 15 is 0 Å². The average Bonchev–Trinajstić information content (AvgIpc) is 3.44. The van der Waals surface area contributed by atoms with Crippen LogP contribution in [0.5, 0.6) is 0 Å². The summed E-state index contributed by atoms with van der Waals surface area (Å²) in [6, 6.07) is 10.9. The van der Waals surface area contributed by atoms with E-state index in [2.05, 4.69) is 47.8 Å². The minimum Gasteiger partial charge on any atom is -0.292 e. The zero-order valence-electron chi connectivity index (χ0n) is 17.8. The lowest BCUT2D eigenvalue weighted by molar-refractivity contribution is -0.154. The number of rotatable bonds is 5. The van der Waals surface area contributed by atoms with Crippen molar-refractivity contribution in [1.29, 1.82) is 0 Å². The predicted molar refractivity (Wildman–Crippen MR) is 142 cm³/mol. The largest absolute Gasteiger partial charge is 0.292 e. The first-order chi connectivity index (χ1) is 16.6. The number of benzene rings is 2. The Kier molecular flexibility index (Phi) is 6.94. The van der Waals surface area contributed by atoms with Crippen LogP contribution >= 0.6 is 71.0 Å². The molecule has 35 heavy (non-hydrogen) atoms. The lowest BCUT2D eigenvalue weighted by atomic mass is 9.81. The van der Waals surface area contributed by atoms with E-state index in [-0.39, 0.29) is 37.1 Å². The summed E-state index contributed by atoms with van der Waals surface area (Å²) in [6.07, 6.45) is 0.755. The maximum atomic E-state index is 13.6. The molecule has 11 heteroatoms. The minimum atomic E-state index is -0.686. The van der Waals surface area contributed by atoms with Crippen molar-refractivity contribution in [2.45, 2.75) is 16.1 Å². The van der Waals surface area contributed by atoms with E-state index in [1.807, 2.05) is 0 Å². The fourth-order valence-corrected chi connectivity index (χ4v) is 7.88. The predicted octanol–water partition coefficient (Wildman–Crippen LogP) is 5.77. The van der Waals surface area contributed by atoms with E-state index in [1.165, 1.54) is 18.2 Å². The molecule has 2 aromatic carbocycles. The van der Waals surface area contributed by atoms with Crippen LogP contribution in [-0.2, 0) is 9.59 Å². The van der Waals surface area contributed by atoms with Gasteiger partial charge < -0.3 is 0 Å². The highest BCUT2D eigenvalue weighted by atomic mass is 79.9. The third-order valence-corrected chi connectivity index (χ3v) is 11.5. The molecule has 6 nitrogen and oxygen atoms in total. The minimum absolute atomic E-state index is 0.0278. The molecule has 5 rings (SSSR count). The second-order valence-corrected chi connectivity index (χ2v) is 12.8. The van der Waals surface area contributed by atoms with Crippen molar-refractivity contribution in [2.75, 3.05) is 6.54 Å². The number of nitrogens with zero attached hydrogens (tertiary/aromatic N) is 2. The molecular formula is C24H17Br3Cl2N2O4. The summed E-state index contributed by atoms with van der Waals surface area (Å²) >= 11 is 22.8. The van der Waals surface area contributed by atoms with Gasteiger partial charge in [0, 0.05) is 25.3 Å². The molecular weight excluding hydrogens is 691 g/mol. The van der Waals surface area contributed by atoms with Gasteiger partial charge in [-0.15, -0.1) is 0 Å². The number of alkyl halides is 2. The van der Waals surface area contributed by atoms with Crippen LogP contribution in [-0.4, -0.2) is 49.7 Å². The molecule has 0 aromatic heterocycles. The quantitative estimate of drug-likeness (QED) is 0.225. The van der Waals surface area contributed by atoms with Gasteiger partial charge in [-0.1, -0.05) is 83.1 Å². The van der Waals surface area contributed by atoms with Gasteiger partial charge >= 0.3 is 0 Å². The number of amides is 3. The molecule has 1 aliphatic heterocycles. The first kappa shape index (κ1) is 25.4. The summed E-state index contributed by atoms with van der Waals surface area (Å²) < 4.78 is 0.791. The van der Waals surface area contributed by atoms with E-state index < -0.39 is 41.9 Å². The smallest absolute Gasteiger partial charge is 0.273 e. The normalized spacial score (nSPS) is 29.0. The van der Waals surface area contributed by atoms with Gasteiger partial charge in [0.25, 0.3) is 17.7 Å². The molecule has 2 aliphatic carbocycles. The third-order valence-electron chi connectivity index (χ3n) is 7.07. The number of halogens is 5. The lowest BCUT2D eigenvalue weighted by Gasteiger charge is -2.31. The number of carbonyl (C=O) groups excluding carboxylic acids is 4. The molecule has 0 radical (unpaired) electrons. The van der Waals surface area contributed by atoms with Gasteiger partial charge in [0.15, 0.2) is 5.78 Å². The summed E-state index contributed by atoms with van der Waals surface area (Å²) in [5.74, 6) is -3.12. The van der Waals surface area contributed by atoms with E-state index in [4.69, 9.17) is 23.2 Å². The van der Waals surface area contributed by atoms with Crippen LogP contribution in [0.3, 0.4) is 0 Å². The van der Waals surface area contributed by atoms with Crippen molar-refractivity contribution in [2.24, 2.45) is 23.7 Å². The van der Waals surface area contributed by atoms with Crippen molar-refractivity contribution in [3.63, 3.8) is 0 Å². The van der Waals surface area contributed by atoms with Crippen LogP contribution in [0.15, 0.2) is 46.9 Å². The maximum absolute atomic E-state index is 13.6. The Labute approximate surface area is 236 Å². The Hall–Kier alpha value is -1.26. The molecule has 1 saturated heterocycles. The highest BCUT2D eigenvalue weighted by Crippen LogP contribution is 2.60. The van der Waals surface area contributed by atoms with Crippen molar-refractivity contribution in [3.8, 4) is 0 Å². The molecule has 0 spiro atoms. The number of carbonyl (C=O) groups is 4. The van der Waals surface area contributed by atoms with Crippen LogP contribution in [0.4, 0.5) is 0 Å². The highest BCUT2D eigenvalue weighted by Gasteiger charge is 2.67. The van der Waals surface area contributed by atoms with E-state index in [0.717, 1.165) is 20.9 Å². The molecule has 3 aliphatic rings. The maximum Gasteiger partial charge on any atom is 0.273 e. The van der Waals surface area contributed by atoms with Crippen LogP contribution in [0.1, 0.15) is 27.1 Å². The molecule has 2 aromatic rings. The summed E-state index contributed by atoms with van der Waals surface area (Å²) in [5.41, 5.74) is 0.459. The fraction of sp³-hybridized carbons (Fsp3) is 0.333. The number of ketones is 1. The van der Waals surface area contributed by atoms with E-state index in [0.29, 0.717) is 5.56 Å². The first-order valence-electron chi connectivity index (χ1n) is 10.8. The van der Waals surface area contributed by atoms with Crippen molar-refractivity contribution in [3.05, 3.63) is 68.1 Å². The monoisotopic (exact) mass is 704 g/mol. The van der Waals surface area contributed by atoms with Crippen molar-refractivity contribution < 1.29 is 19.2 Å². The topological polar surface area (TPSA) is 74.8 Å². The Morgan fingerprint density at radius 3 is 1.97 bits per heavy atom. The molecule has 2 bridgehead atoms. The Morgan fingerprint density at radius 2 is 1.43 bits per heavy atom. The van der Waals surface area contributed by atoms with Crippen molar-refractivity contribution in [1.82, 2.24) is 10.0 Å². The molecule has 6 atom stereocenters. The summed E-state index contributed by atoms with van der Waals surface area (Å²) in [4.78, 5) is 54.1. The molecule has 182 valence electrons. The summed E-state index contributed by atoms with van der Waals surface area (Å²) in [5, 5.41) is 2.25. The number of hydrazine groups is 1. The number of hydrogen-bond acceptors (Lipinski definition) is 4. The molecule has 0 unspecified atom stereocenters. The van der Waals surface area contributed by atoms with Crippen molar-refractivity contribution >= 4 is 94.5 Å². The number of fused-ring (bicyclic) bond motifs is 5. The van der Waals surface area contributed by atoms with Gasteiger partial charge in [-0.25, -0.2) is 5.01 Å². The van der Waals surface area contributed by atoms with Gasteiger partial charge in [0.1, 0.15) is 6.54 Å². The van der Waals surface area contributed by atoms with Gasteiger partial charge in [-0.2, -0.15) is 5.01 Å². The van der Waals surface area contributed by atoms with Gasteiger partial charge in [0.2, 0.25) is 0 Å². The zero-order valence-corrected chi connectivity index (χ0v) is 24.1. The standard InChI is InChI=1S/C24H17Br3Cl2N2O4/c25-12-4-1-10(2-5-12)17(32)9-30(22(33)11-3-6-15(28)16(29)7-11)31-23(34)18-13-8-14(19(18)24(31)35)21(27)20(13)26/h1-7,13-14,18-21H,8-9H2/t13-,14-,18-,19+,20+,21+/m1/s1. The van der Waals surface area contributed by atoms with Crippen LogP contribution in [0, 0.1) is 23.7 Å². The fourth-order valence-electron chi connectivity index (χ4n) is 5.45. The summed E-state index contributed by atoms with van der Waals surface area (Å²) in [7, 11) is 0. The highest BCUT2D eigenvalue weighted by molar-refractivity contribution is 9.12. The first-order valence-corrected chi connectivity index (χ1v) is 14.2. The number of hydrogen-bond donors (Lipinski definition) is 0. The lowest BCUT2D eigenvalue weighted by Crippen LogP contribution is -2.52. The van der Waals surface area contributed by atoms with Gasteiger partial charge in [-0.3, -0.25) is 19.2 Å². The Balaban J connectivity index is 1.52. The number of imide groups is 1. The summed E-state index contributed by atoms with van der Waals surface area (Å²) in [6.45, 7) is -0.484. The van der Waals surface area contributed by atoms with Crippen LogP contribution < -0.4 is 0 Å². The van der Waals surface area contributed by atoms with E-state index in [9.17, 15) is 19.2 Å². The molecule has 0 N–H and O–H groups in total. The Bertz CT molecular complexity index is 1230. The Morgan fingerprint density at radius 1 is 0.886 bits per heavy atom.